The molecule has 0 aliphatic heterocycles. The highest BCUT2D eigenvalue weighted by Gasteiger charge is 2.13. The fourth-order valence-corrected chi connectivity index (χ4v) is 2.01. The van der Waals surface area contributed by atoms with Crippen molar-refractivity contribution in [2.45, 2.75) is 25.8 Å². The SMILES string of the molecule is CCC(CBr)NC(=O)Cc1cccc(F)c1F. The van der Waals surface area contributed by atoms with Crippen LogP contribution in [0.2, 0.25) is 0 Å². The van der Waals surface area contributed by atoms with Crippen LogP contribution in [0.1, 0.15) is 18.9 Å². The van der Waals surface area contributed by atoms with Gasteiger partial charge in [-0.2, -0.15) is 0 Å². The van der Waals surface area contributed by atoms with Gasteiger partial charge in [0.05, 0.1) is 6.42 Å². The van der Waals surface area contributed by atoms with Crippen LogP contribution in [-0.2, 0) is 11.2 Å². The van der Waals surface area contributed by atoms with Crippen LogP contribution in [0, 0.1) is 11.6 Å². The van der Waals surface area contributed by atoms with Gasteiger partial charge >= 0.3 is 0 Å². The standard InChI is InChI=1S/C12H14BrF2NO/c1-2-9(7-13)16-11(17)6-8-4-3-5-10(14)12(8)15/h3-5,9H,2,6-7H2,1H3,(H,16,17). The minimum atomic E-state index is -0.949. The van der Waals surface area contributed by atoms with Crippen molar-refractivity contribution in [2.24, 2.45) is 0 Å². The highest BCUT2D eigenvalue weighted by atomic mass is 79.9. The summed E-state index contributed by atoms with van der Waals surface area (Å²) in [5.74, 6) is -2.18. The van der Waals surface area contributed by atoms with E-state index in [9.17, 15) is 13.6 Å². The zero-order valence-electron chi connectivity index (χ0n) is 9.47. The van der Waals surface area contributed by atoms with Gasteiger partial charge in [0.15, 0.2) is 11.6 Å². The molecule has 0 fully saturated rings. The van der Waals surface area contributed by atoms with Crippen molar-refractivity contribution in [3.05, 3.63) is 35.4 Å². The second-order valence-electron chi connectivity index (χ2n) is 3.72. The summed E-state index contributed by atoms with van der Waals surface area (Å²) in [6.45, 7) is 1.94. The van der Waals surface area contributed by atoms with Gasteiger partial charge in [0, 0.05) is 16.9 Å². The van der Waals surface area contributed by atoms with Crippen LogP contribution in [0.4, 0.5) is 8.78 Å². The molecule has 0 aromatic heterocycles. The quantitative estimate of drug-likeness (QED) is 0.833. The third-order valence-electron chi connectivity index (χ3n) is 2.43. The van der Waals surface area contributed by atoms with Gasteiger partial charge in [-0.15, -0.1) is 0 Å². The van der Waals surface area contributed by atoms with Gasteiger partial charge in [-0.3, -0.25) is 4.79 Å². The van der Waals surface area contributed by atoms with E-state index in [4.69, 9.17) is 0 Å². The minimum absolute atomic E-state index is 0.0131. The summed E-state index contributed by atoms with van der Waals surface area (Å²) in [6.07, 6.45) is 0.635. The van der Waals surface area contributed by atoms with Crippen molar-refractivity contribution >= 4 is 21.8 Å². The van der Waals surface area contributed by atoms with Crippen LogP contribution in [-0.4, -0.2) is 17.3 Å². The second-order valence-corrected chi connectivity index (χ2v) is 4.36. The lowest BCUT2D eigenvalue weighted by atomic mass is 10.1. The molecule has 1 amide bonds. The third-order valence-corrected chi connectivity index (χ3v) is 3.21. The van der Waals surface area contributed by atoms with E-state index < -0.39 is 11.6 Å². The fraction of sp³-hybridized carbons (Fsp3) is 0.417. The highest BCUT2D eigenvalue weighted by Crippen LogP contribution is 2.12. The molecule has 94 valence electrons. The van der Waals surface area contributed by atoms with E-state index in [1.807, 2.05) is 6.92 Å². The number of amides is 1. The smallest absolute Gasteiger partial charge is 0.224 e. The van der Waals surface area contributed by atoms with Crippen LogP contribution in [0.15, 0.2) is 18.2 Å². The fourth-order valence-electron chi connectivity index (χ4n) is 1.39. The van der Waals surface area contributed by atoms with E-state index in [-0.39, 0.29) is 23.9 Å². The number of carbonyl (C=O) groups excluding carboxylic acids is 1. The summed E-state index contributed by atoms with van der Waals surface area (Å²) in [7, 11) is 0. The summed E-state index contributed by atoms with van der Waals surface area (Å²) in [4.78, 5) is 11.6. The molecule has 1 unspecified atom stereocenters. The van der Waals surface area contributed by atoms with Crippen molar-refractivity contribution in [2.75, 3.05) is 5.33 Å². The Morgan fingerprint density at radius 1 is 1.47 bits per heavy atom. The number of nitrogens with one attached hydrogen (secondary N) is 1. The molecule has 1 aromatic rings. The van der Waals surface area contributed by atoms with Gasteiger partial charge in [-0.1, -0.05) is 35.0 Å². The molecule has 0 aliphatic carbocycles. The molecule has 5 heteroatoms. The van der Waals surface area contributed by atoms with Crippen molar-refractivity contribution in [1.29, 1.82) is 0 Å². The molecule has 0 bridgehead atoms. The first-order valence-electron chi connectivity index (χ1n) is 5.36. The largest absolute Gasteiger partial charge is 0.352 e. The molecule has 2 nitrogen and oxygen atoms in total. The molecule has 1 rings (SSSR count). The van der Waals surface area contributed by atoms with Crippen molar-refractivity contribution < 1.29 is 13.6 Å². The molecule has 0 radical (unpaired) electrons. The molecule has 0 saturated carbocycles. The van der Waals surface area contributed by atoms with Crippen molar-refractivity contribution in [3.8, 4) is 0 Å². The van der Waals surface area contributed by atoms with E-state index >= 15 is 0 Å². The topological polar surface area (TPSA) is 29.1 Å². The summed E-state index contributed by atoms with van der Waals surface area (Å²) in [5, 5.41) is 3.38. The minimum Gasteiger partial charge on any atom is -0.352 e. The van der Waals surface area contributed by atoms with Gasteiger partial charge < -0.3 is 5.32 Å². The maximum Gasteiger partial charge on any atom is 0.224 e. The molecule has 0 heterocycles. The van der Waals surface area contributed by atoms with Gasteiger partial charge in [-0.05, 0) is 12.5 Å². The lowest BCUT2D eigenvalue weighted by Gasteiger charge is -2.14. The summed E-state index contributed by atoms with van der Waals surface area (Å²) in [5.41, 5.74) is 0.0759. The molecule has 1 atom stereocenters. The molecule has 1 N–H and O–H groups in total. The Labute approximate surface area is 108 Å². The van der Waals surface area contributed by atoms with Crippen LogP contribution < -0.4 is 5.32 Å². The Morgan fingerprint density at radius 3 is 2.76 bits per heavy atom. The lowest BCUT2D eigenvalue weighted by molar-refractivity contribution is -0.121. The van der Waals surface area contributed by atoms with E-state index in [2.05, 4.69) is 21.2 Å². The number of halogens is 3. The first-order valence-corrected chi connectivity index (χ1v) is 6.48. The predicted octanol–water partition coefficient (Wildman–Crippen LogP) is 2.80. The number of rotatable bonds is 5. The molecular weight excluding hydrogens is 292 g/mol. The first-order chi connectivity index (χ1) is 8.08. The normalized spacial score (nSPS) is 12.2. The van der Waals surface area contributed by atoms with E-state index in [0.717, 1.165) is 12.5 Å². The molecule has 0 saturated heterocycles. The summed E-state index contributed by atoms with van der Waals surface area (Å²) < 4.78 is 26.2. The maximum absolute atomic E-state index is 13.3. The lowest BCUT2D eigenvalue weighted by Crippen LogP contribution is -2.36. The number of hydrogen-bond donors (Lipinski definition) is 1. The van der Waals surface area contributed by atoms with E-state index in [1.54, 1.807) is 0 Å². The average molecular weight is 306 g/mol. The summed E-state index contributed by atoms with van der Waals surface area (Å²) >= 11 is 3.27. The maximum atomic E-state index is 13.3. The molecule has 17 heavy (non-hydrogen) atoms. The van der Waals surface area contributed by atoms with Crippen LogP contribution >= 0.6 is 15.9 Å². The number of benzene rings is 1. The van der Waals surface area contributed by atoms with Crippen LogP contribution in [0.5, 0.6) is 0 Å². The number of alkyl halides is 1. The molecule has 0 spiro atoms. The molecule has 0 aliphatic rings. The Balaban J connectivity index is 2.65. The van der Waals surface area contributed by atoms with E-state index in [1.165, 1.54) is 12.1 Å². The Kier molecular flexibility index (Phi) is 5.55. The zero-order chi connectivity index (χ0) is 12.8. The molecule has 1 aromatic carbocycles. The Bertz CT molecular complexity index is 394. The van der Waals surface area contributed by atoms with E-state index in [0.29, 0.717) is 5.33 Å². The first kappa shape index (κ1) is 14.1. The average Bonchev–Trinajstić information content (AvgIpc) is 2.32. The number of hydrogen-bond acceptors (Lipinski definition) is 1. The third kappa shape index (κ3) is 4.07. The van der Waals surface area contributed by atoms with Gasteiger partial charge in [0.1, 0.15) is 0 Å². The summed E-state index contributed by atoms with van der Waals surface area (Å²) in [6, 6.07) is 3.85. The zero-order valence-corrected chi connectivity index (χ0v) is 11.1. The second kappa shape index (κ2) is 6.69. The van der Waals surface area contributed by atoms with Gasteiger partial charge in [0.2, 0.25) is 5.91 Å². The van der Waals surface area contributed by atoms with Gasteiger partial charge in [0.25, 0.3) is 0 Å². The van der Waals surface area contributed by atoms with Crippen LogP contribution in [0.25, 0.3) is 0 Å². The van der Waals surface area contributed by atoms with Crippen molar-refractivity contribution in [1.82, 2.24) is 5.32 Å². The molecular formula is C12H14BrF2NO. The number of carbonyl (C=O) groups is 1. The monoisotopic (exact) mass is 305 g/mol. The Hall–Kier alpha value is -0.970. The predicted molar refractivity (Wildman–Crippen MR) is 66.1 cm³/mol. The Morgan fingerprint density at radius 2 is 2.18 bits per heavy atom. The van der Waals surface area contributed by atoms with Crippen LogP contribution in [0.3, 0.4) is 0 Å². The highest BCUT2D eigenvalue weighted by molar-refractivity contribution is 9.09. The van der Waals surface area contributed by atoms with Gasteiger partial charge in [-0.25, -0.2) is 8.78 Å². The van der Waals surface area contributed by atoms with Crippen molar-refractivity contribution in [3.63, 3.8) is 0 Å².